The van der Waals surface area contributed by atoms with Gasteiger partial charge in [0.15, 0.2) is 0 Å². The Bertz CT molecular complexity index is 762. The summed E-state index contributed by atoms with van der Waals surface area (Å²) in [5, 5.41) is 3.27. The van der Waals surface area contributed by atoms with Gasteiger partial charge in [-0.25, -0.2) is 0 Å². The summed E-state index contributed by atoms with van der Waals surface area (Å²) < 4.78 is 0. The molecule has 4 heteroatoms. The molecule has 2 heterocycles. The van der Waals surface area contributed by atoms with Crippen molar-refractivity contribution in [2.75, 3.05) is 31.1 Å². The van der Waals surface area contributed by atoms with Gasteiger partial charge in [0.2, 0.25) is 0 Å². The molecule has 0 atom stereocenters. The molecule has 0 radical (unpaired) electrons. The zero-order chi connectivity index (χ0) is 21.0. The third kappa shape index (κ3) is 4.65. The van der Waals surface area contributed by atoms with E-state index in [4.69, 9.17) is 0 Å². The summed E-state index contributed by atoms with van der Waals surface area (Å²) in [4.78, 5) is 15.8. The zero-order valence-electron chi connectivity index (χ0n) is 18.8. The third-order valence-electron chi connectivity index (χ3n) is 7.68. The van der Waals surface area contributed by atoms with Crippen molar-refractivity contribution in [1.82, 2.24) is 10.2 Å². The predicted molar refractivity (Wildman–Crippen MR) is 131 cm³/mol. The van der Waals surface area contributed by atoms with Crippen molar-refractivity contribution in [2.24, 2.45) is 5.92 Å². The van der Waals surface area contributed by atoms with Crippen molar-refractivity contribution < 1.29 is 6.22 Å². The average molecular weight is 429 g/mol. The minimum absolute atomic E-state index is 0. The van der Waals surface area contributed by atoms with E-state index in [0.29, 0.717) is 0 Å². The summed E-state index contributed by atoms with van der Waals surface area (Å²) >= 11 is 2.12. The molecule has 2 saturated heterocycles. The largest absolute Gasteiger partial charge is 0.349 e. The van der Waals surface area contributed by atoms with Crippen LogP contribution in [0.2, 0.25) is 0 Å². The number of hydrogen-bond acceptors (Lipinski definition) is 3. The molecular weight excluding hydrogens is 388 g/mol. The molecule has 1 spiro atoms. The minimum Gasteiger partial charge on any atom is -0.349 e. The van der Waals surface area contributed by atoms with Crippen LogP contribution in [0, 0.1) is 5.92 Å². The van der Waals surface area contributed by atoms with Crippen LogP contribution in [0.4, 0.5) is 0 Å². The number of nitrogens with one attached hydrogen (secondary N) is 1. The van der Waals surface area contributed by atoms with Crippen molar-refractivity contribution in [3.05, 3.63) is 41.5 Å². The number of likely N-dealkylation sites (tertiary alicyclic amines) is 1. The van der Waals surface area contributed by atoms with E-state index in [0.717, 1.165) is 55.8 Å². The number of carbonyl (C=O) groups is 1. The third-order valence-corrected chi connectivity index (χ3v) is 8.73. The SMILES string of the molecule is CCC(CC)NC(=O)C1=CC2(CCN(CCC3CCSCC3)CC2)c2ccccc21.[HH]. The van der Waals surface area contributed by atoms with Gasteiger partial charge in [-0.3, -0.25) is 4.79 Å². The van der Waals surface area contributed by atoms with E-state index in [1.54, 1.807) is 0 Å². The van der Waals surface area contributed by atoms with Gasteiger partial charge in [-0.1, -0.05) is 44.2 Å². The first-order chi connectivity index (χ1) is 14.6. The number of rotatable bonds is 7. The highest BCUT2D eigenvalue weighted by Gasteiger charge is 2.42. The van der Waals surface area contributed by atoms with Crippen molar-refractivity contribution >= 4 is 23.2 Å². The lowest BCUT2D eigenvalue weighted by atomic mass is 9.74. The molecule has 166 valence electrons. The fourth-order valence-electron chi connectivity index (χ4n) is 5.52. The van der Waals surface area contributed by atoms with E-state index in [9.17, 15) is 4.79 Å². The summed E-state index contributed by atoms with van der Waals surface area (Å²) in [5.41, 5.74) is 3.50. The predicted octanol–water partition coefficient (Wildman–Crippen LogP) is 5.50. The van der Waals surface area contributed by atoms with Gasteiger partial charge >= 0.3 is 0 Å². The quantitative estimate of drug-likeness (QED) is 0.622. The van der Waals surface area contributed by atoms with E-state index in [1.807, 2.05) is 0 Å². The van der Waals surface area contributed by atoms with Crippen molar-refractivity contribution in [2.45, 2.75) is 70.3 Å². The number of piperidine rings is 1. The Morgan fingerprint density at radius 2 is 1.90 bits per heavy atom. The molecule has 1 aromatic carbocycles. The van der Waals surface area contributed by atoms with Gasteiger partial charge in [0.05, 0.1) is 0 Å². The smallest absolute Gasteiger partial charge is 0.251 e. The number of thioether (sulfide) groups is 1. The maximum atomic E-state index is 13.1. The highest BCUT2D eigenvalue weighted by atomic mass is 32.2. The monoisotopic (exact) mass is 428 g/mol. The van der Waals surface area contributed by atoms with Crippen LogP contribution in [0.3, 0.4) is 0 Å². The summed E-state index contributed by atoms with van der Waals surface area (Å²) in [6, 6.07) is 8.90. The molecule has 2 aliphatic heterocycles. The highest BCUT2D eigenvalue weighted by Crippen LogP contribution is 2.47. The lowest BCUT2D eigenvalue weighted by molar-refractivity contribution is -0.116. The molecule has 0 saturated carbocycles. The first-order valence-electron chi connectivity index (χ1n) is 12.1. The van der Waals surface area contributed by atoms with Crippen LogP contribution in [0.5, 0.6) is 0 Å². The van der Waals surface area contributed by atoms with E-state index in [2.05, 4.69) is 66.2 Å². The Balaban J connectivity index is 0.00000272. The van der Waals surface area contributed by atoms with Crippen LogP contribution >= 0.6 is 11.8 Å². The fraction of sp³-hybridized carbons (Fsp3) is 0.654. The van der Waals surface area contributed by atoms with Crippen molar-refractivity contribution in [3.63, 3.8) is 0 Å². The number of carbonyl (C=O) groups excluding carboxylic acids is 1. The highest BCUT2D eigenvalue weighted by molar-refractivity contribution is 7.99. The van der Waals surface area contributed by atoms with Crippen LogP contribution in [-0.4, -0.2) is 48.0 Å². The molecule has 0 aromatic heterocycles. The Labute approximate surface area is 188 Å². The molecule has 0 unspecified atom stereocenters. The second-order valence-electron chi connectivity index (χ2n) is 9.43. The molecular formula is C26H40N2OS. The maximum Gasteiger partial charge on any atom is 0.251 e. The van der Waals surface area contributed by atoms with Gasteiger partial charge < -0.3 is 10.2 Å². The van der Waals surface area contributed by atoms with E-state index >= 15 is 0 Å². The topological polar surface area (TPSA) is 32.3 Å². The van der Waals surface area contributed by atoms with Crippen LogP contribution in [0.1, 0.15) is 71.3 Å². The van der Waals surface area contributed by atoms with Gasteiger partial charge in [-0.2, -0.15) is 11.8 Å². The molecule has 1 aliphatic carbocycles. The van der Waals surface area contributed by atoms with Crippen molar-refractivity contribution in [3.8, 4) is 0 Å². The van der Waals surface area contributed by atoms with Crippen LogP contribution in [0.15, 0.2) is 30.3 Å². The molecule has 3 nitrogen and oxygen atoms in total. The molecule has 1 amide bonds. The van der Waals surface area contributed by atoms with E-state index in [1.165, 1.54) is 42.9 Å². The van der Waals surface area contributed by atoms with Crippen LogP contribution in [-0.2, 0) is 10.2 Å². The molecule has 0 bridgehead atoms. The number of allylic oxidation sites excluding steroid dienone is 1. The molecule has 4 rings (SSSR count). The Morgan fingerprint density at radius 3 is 2.60 bits per heavy atom. The number of nitrogens with zero attached hydrogens (tertiary/aromatic N) is 1. The summed E-state index contributed by atoms with van der Waals surface area (Å²) in [6.07, 6.45) is 10.7. The fourth-order valence-corrected chi connectivity index (χ4v) is 6.72. The van der Waals surface area contributed by atoms with Crippen LogP contribution < -0.4 is 5.32 Å². The number of amides is 1. The normalized spacial score (nSPS) is 21.6. The summed E-state index contributed by atoms with van der Waals surface area (Å²) in [5.74, 6) is 3.77. The van der Waals surface area contributed by atoms with Gasteiger partial charge in [0.1, 0.15) is 0 Å². The molecule has 3 aliphatic rings. The Hall–Kier alpha value is -1.26. The van der Waals surface area contributed by atoms with Gasteiger partial charge in [-0.15, -0.1) is 0 Å². The Kier molecular flexibility index (Phi) is 7.25. The first-order valence-corrected chi connectivity index (χ1v) is 13.2. The molecule has 30 heavy (non-hydrogen) atoms. The number of hydrogen-bond donors (Lipinski definition) is 1. The first kappa shape index (κ1) is 22.0. The number of benzene rings is 1. The zero-order valence-corrected chi connectivity index (χ0v) is 19.6. The average Bonchev–Trinajstić information content (AvgIpc) is 3.12. The van der Waals surface area contributed by atoms with E-state index in [-0.39, 0.29) is 18.8 Å². The lowest BCUT2D eigenvalue weighted by Gasteiger charge is -2.39. The molecule has 2 fully saturated rings. The summed E-state index contributed by atoms with van der Waals surface area (Å²) in [7, 11) is 0. The molecule has 1 aromatic rings. The Morgan fingerprint density at radius 1 is 1.20 bits per heavy atom. The number of fused-ring (bicyclic) bond motifs is 2. The van der Waals surface area contributed by atoms with Gasteiger partial charge in [0, 0.05) is 18.5 Å². The van der Waals surface area contributed by atoms with Crippen molar-refractivity contribution in [1.29, 1.82) is 0 Å². The van der Waals surface area contributed by atoms with Gasteiger partial charge in [-0.05, 0) is 93.1 Å². The maximum absolute atomic E-state index is 13.1. The minimum atomic E-state index is 0. The molecule has 1 N–H and O–H groups in total. The van der Waals surface area contributed by atoms with Gasteiger partial charge in [0.25, 0.3) is 5.91 Å². The standard InChI is InChI=1S/C26H38N2OS.H2/c1-3-21(4-2)27-25(29)23-19-26(24-8-6-5-7-22(23)24)12-15-28(16-13-26)14-9-20-10-17-30-18-11-20;/h5-8,19-21H,3-4,9-18H2,1-2H3,(H,27,29);1H. The second kappa shape index (κ2) is 9.91. The summed E-state index contributed by atoms with van der Waals surface area (Å²) in [6.45, 7) is 7.84. The van der Waals surface area contributed by atoms with Crippen LogP contribution in [0.25, 0.3) is 5.57 Å². The van der Waals surface area contributed by atoms with E-state index < -0.39 is 0 Å². The second-order valence-corrected chi connectivity index (χ2v) is 10.7. The lowest BCUT2D eigenvalue weighted by Crippen LogP contribution is -2.41.